The second-order valence-corrected chi connectivity index (χ2v) is 4.88. The van der Waals surface area contributed by atoms with Crippen molar-refractivity contribution in [3.05, 3.63) is 57.5 Å². The van der Waals surface area contributed by atoms with Gasteiger partial charge in [0.05, 0.1) is 9.50 Å². The van der Waals surface area contributed by atoms with E-state index in [9.17, 15) is 0 Å². The minimum Gasteiger partial charge on any atom is -0.454 e. The Morgan fingerprint density at radius 3 is 2.59 bits per heavy atom. The van der Waals surface area contributed by atoms with Crippen molar-refractivity contribution in [2.24, 2.45) is 0 Å². The Bertz CT molecular complexity index is 505. The SMILES string of the molecule is CCc1ccccc1Oc1c(Cl)cccc1Br. The van der Waals surface area contributed by atoms with Gasteiger partial charge < -0.3 is 4.74 Å². The highest BCUT2D eigenvalue weighted by atomic mass is 79.9. The summed E-state index contributed by atoms with van der Waals surface area (Å²) in [7, 11) is 0. The zero-order valence-corrected chi connectivity index (χ0v) is 11.8. The molecule has 0 bridgehead atoms. The summed E-state index contributed by atoms with van der Waals surface area (Å²) >= 11 is 9.56. The molecular weight excluding hydrogens is 300 g/mol. The summed E-state index contributed by atoms with van der Waals surface area (Å²) in [5.74, 6) is 1.51. The molecule has 0 atom stereocenters. The monoisotopic (exact) mass is 310 g/mol. The molecule has 2 aromatic rings. The second kappa shape index (κ2) is 5.56. The number of hydrogen-bond acceptors (Lipinski definition) is 1. The number of benzene rings is 2. The Morgan fingerprint density at radius 2 is 1.88 bits per heavy atom. The number of hydrogen-bond donors (Lipinski definition) is 0. The van der Waals surface area contributed by atoms with Crippen LogP contribution in [0.4, 0.5) is 0 Å². The third-order valence-electron chi connectivity index (χ3n) is 2.48. The molecule has 0 fully saturated rings. The van der Waals surface area contributed by atoms with E-state index in [1.165, 1.54) is 5.56 Å². The van der Waals surface area contributed by atoms with Crippen LogP contribution in [-0.4, -0.2) is 0 Å². The van der Waals surface area contributed by atoms with E-state index in [-0.39, 0.29) is 0 Å². The van der Waals surface area contributed by atoms with Crippen molar-refractivity contribution in [3.8, 4) is 11.5 Å². The van der Waals surface area contributed by atoms with E-state index in [1.807, 2.05) is 36.4 Å². The number of rotatable bonds is 3. The van der Waals surface area contributed by atoms with Crippen molar-refractivity contribution >= 4 is 27.5 Å². The summed E-state index contributed by atoms with van der Waals surface area (Å²) in [4.78, 5) is 0. The molecule has 0 aliphatic heterocycles. The topological polar surface area (TPSA) is 9.23 Å². The van der Waals surface area contributed by atoms with E-state index in [2.05, 4.69) is 28.9 Å². The molecule has 2 rings (SSSR count). The molecule has 0 amide bonds. The number of halogens is 2. The van der Waals surface area contributed by atoms with E-state index >= 15 is 0 Å². The van der Waals surface area contributed by atoms with Gasteiger partial charge in [-0.1, -0.05) is 42.8 Å². The Labute approximate surface area is 115 Å². The van der Waals surface area contributed by atoms with Crippen LogP contribution in [0.25, 0.3) is 0 Å². The molecule has 1 nitrogen and oxygen atoms in total. The van der Waals surface area contributed by atoms with Gasteiger partial charge in [-0.3, -0.25) is 0 Å². The number of para-hydroxylation sites is 2. The molecule has 0 aliphatic rings. The van der Waals surface area contributed by atoms with Gasteiger partial charge in [-0.05, 0) is 46.1 Å². The van der Waals surface area contributed by atoms with Gasteiger partial charge in [-0.15, -0.1) is 0 Å². The highest BCUT2D eigenvalue weighted by Gasteiger charge is 2.09. The molecule has 2 aromatic carbocycles. The summed E-state index contributed by atoms with van der Waals surface area (Å²) in [5, 5.41) is 0.602. The molecule has 0 aliphatic carbocycles. The van der Waals surface area contributed by atoms with Crippen molar-refractivity contribution < 1.29 is 4.74 Å². The lowest BCUT2D eigenvalue weighted by Gasteiger charge is -2.12. The average molecular weight is 312 g/mol. The van der Waals surface area contributed by atoms with E-state index in [0.29, 0.717) is 10.8 Å². The summed E-state index contributed by atoms with van der Waals surface area (Å²) < 4.78 is 6.74. The van der Waals surface area contributed by atoms with Gasteiger partial charge in [0.15, 0.2) is 5.75 Å². The van der Waals surface area contributed by atoms with Crippen LogP contribution in [0.5, 0.6) is 11.5 Å². The van der Waals surface area contributed by atoms with Crippen LogP contribution in [0.3, 0.4) is 0 Å². The molecule has 88 valence electrons. The summed E-state index contributed by atoms with van der Waals surface area (Å²) in [6.45, 7) is 2.10. The number of ether oxygens (including phenoxy) is 1. The van der Waals surface area contributed by atoms with Gasteiger partial charge in [0.25, 0.3) is 0 Å². The molecule has 0 spiro atoms. The molecule has 0 saturated carbocycles. The lowest BCUT2D eigenvalue weighted by atomic mass is 10.1. The maximum Gasteiger partial charge on any atom is 0.160 e. The first-order valence-corrected chi connectivity index (χ1v) is 6.59. The van der Waals surface area contributed by atoms with Crippen LogP contribution >= 0.6 is 27.5 Å². The highest BCUT2D eigenvalue weighted by Crippen LogP contribution is 2.37. The van der Waals surface area contributed by atoms with E-state index in [4.69, 9.17) is 16.3 Å². The molecule has 0 aromatic heterocycles. The smallest absolute Gasteiger partial charge is 0.160 e. The number of aryl methyl sites for hydroxylation is 1. The zero-order chi connectivity index (χ0) is 12.3. The van der Waals surface area contributed by atoms with Crippen LogP contribution in [0.1, 0.15) is 12.5 Å². The normalized spacial score (nSPS) is 10.3. The average Bonchev–Trinajstić information content (AvgIpc) is 2.34. The third kappa shape index (κ3) is 2.82. The van der Waals surface area contributed by atoms with Crippen molar-refractivity contribution in [1.29, 1.82) is 0 Å². The van der Waals surface area contributed by atoms with Gasteiger partial charge in [-0.25, -0.2) is 0 Å². The van der Waals surface area contributed by atoms with Crippen LogP contribution in [0.2, 0.25) is 5.02 Å². The minimum atomic E-state index is 0.602. The molecule has 0 saturated heterocycles. The minimum absolute atomic E-state index is 0.602. The van der Waals surface area contributed by atoms with Gasteiger partial charge >= 0.3 is 0 Å². The van der Waals surface area contributed by atoms with Crippen LogP contribution in [-0.2, 0) is 6.42 Å². The predicted octanol–water partition coefficient (Wildman–Crippen LogP) is 5.46. The Hall–Kier alpha value is -0.990. The molecule has 0 radical (unpaired) electrons. The quantitative estimate of drug-likeness (QED) is 0.731. The van der Waals surface area contributed by atoms with Crippen LogP contribution < -0.4 is 4.74 Å². The molecule has 0 unspecified atom stereocenters. The summed E-state index contributed by atoms with van der Waals surface area (Å²) in [6, 6.07) is 13.6. The maximum absolute atomic E-state index is 6.12. The molecule has 17 heavy (non-hydrogen) atoms. The van der Waals surface area contributed by atoms with E-state index < -0.39 is 0 Å². The first-order valence-electron chi connectivity index (χ1n) is 5.42. The Balaban J connectivity index is 2.38. The Kier molecular flexibility index (Phi) is 4.08. The molecule has 0 heterocycles. The van der Waals surface area contributed by atoms with Crippen LogP contribution in [0, 0.1) is 0 Å². The largest absolute Gasteiger partial charge is 0.454 e. The standard InChI is InChI=1S/C14H12BrClO/c1-2-10-6-3-4-9-13(10)17-14-11(15)7-5-8-12(14)16/h3-9H,2H2,1H3. The van der Waals surface area contributed by atoms with Crippen molar-refractivity contribution in [2.45, 2.75) is 13.3 Å². The van der Waals surface area contributed by atoms with Crippen molar-refractivity contribution in [1.82, 2.24) is 0 Å². The first kappa shape index (κ1) is 12.5. The van der Waals surface area contributed by atoms with Gasteiger partial charge in [0.1, 0.15) is 5.75 Å². The fraction of sp³-hybridized carbons (Fsp3) is 0.143. The Morgan fingerprint density at radius 1 is 1.12 bits per heavy atom. The third-order valence-corrected chi connectivity index (χ3v) is 3.41. The highest BCUT2D eigenvalue weighted by molar-refractivity contribution is 9.10. The predicted molar refractivity (Wildman–Crippen MR) is 75.0 cm³/mol. The molecular formula is C14H12BrClO. The second-order valence-electron chi connectivity index (χ2n) is 3.61. The van der Waals surface area contributed by atoms with Crippen LogP contribution in [0.15, 0.2) is 46.9 Å². The summed E-state index contributed by atoms with van der Waals surface area (Å²) in [6.07, 6.45) is 0.929. The fourth-order valence-electron chi connectivity index (χ4n) is 1.59. The molecule has 0 N–H and O–H groups in total. The summed E-state index contributed by atoms with van der Waals surface area (Å²) in [5.41, 5.74) is 1.17. The van der Waals surface area contributed by atoms with Gasteiger partial charge in [0.2, 0.25) is 0 Å². The van der Waals surface area contributed by atoms with E-state index in [0.717, 1.165) is 16.6 Å². The van der Waals surface area contributed by atoms with Crippen molar-refractivity contribution in [3.63, 3.8) is 0 Å². The van der Waals surface area contributed by atoms with Crippen molar-refractivity contribution in [2.75, 3.05) is 0 Å². The maximum atomic E-state index is 6.12. The lowest BCUT2D eigenvalue weighted by Crippen LogP contribution is -1.91. The molecule has 3 heteroatoms. The van der Waals surface area contributed by atoms with E-state index in [1.54, 1.807) is 0 Å². The zero-order valence-electron chi connectivity index (χ0n) is 9.41. The first-order chi connectivity index (χ1) is 8.22. The fourth-order valence-corrected chi connectivity index (χ4v) is 2.36. The lowest BCUT2D eigenvalue weighted by molar-refractivity contribution is 0.474. The van der Waals surface area contributed by atoms with Gasteiger partial charge in [0, 0.05) is 0 Å². The van der Waals surface area contributed by atoms with Gasteiger partial charge in [-0.2, -0.15) is 0 Å².